The van der Waals surface area contributed by atoms with Gasteiger partial charge in [-0.2, -0.15) is 13.2 Å². The molecule has 1 atom stereocenters. The quantitative estimate of drug-likeness (QED) is 0.393. The minimum atomic E-state index is -4.52. The molecule has 1 heterocycles. The van der Waals surface area contributed by atoms with E-state index >= 15 is 0 Å². The highest BCUT2D eigenvalue weighted by Crippen LogP contribution is 2.42. The van der Waals surface area contributed by atoms with Gasteiger partial charge >= 0.3 is 6.18 Å². The zero-order valence-electron chi connectivity index (χ0n) is 19.4. The summed E-state index contributed by atoms with van der Waals surface area (Å²) in [6, 6.07) is 8.95. The van der Waals surface area contributed by atoms with Gasteiger partial charge < -0.3 is 0 Å². The largest absolute Gasteiger partial charge is 0.409 e. The number of unbranched alkanes of at least 4 members (excludes halogenated alkanes) is 6. The first-order valence-electron chi connectivity index (χ1n) is 11.8. The number of halogens is 3. The normalized spacial score (nSPS) is 17.6. The van der Waals surface area contributed by atoms with E-state index in [0.717, 1.165) is 28.8 Å². The predicted octanol–water partition coefficient (Wildman–Crippen LogP) is 7.11. The van der Waals surface area contributed by atoms with Crippen LogP contribution >= 0.6 is 0 Å². The number of carbonyl (C=O) groups is 1. The van der Waals surface area contributed by atoms with Crippen LogP contribution in [-0.4, -0.2) is 23.6 Å². The lowest BCUT2D eigenvalue weighted by atomic mass is 9.92. The van der Waals surface area contributed by atoms with Gasteiger partial charge in [-0.15, -0.1) is 0 Å². The van der Waals surface area contributed by atoms with Crippen LogP contribution in [0.3, 0.4) is 0 Å². The first-order chi connectivity index (χ1) is 15.1. The molecule has 0 unspecified atom stereocenters. The van der Waals surface area contributed by atoms with Gasteiger partial charge in [0.2, 0.25) is 5.91 Å². The second kappa shape index (κ2) is 10.2. The molecule has 0 radical (unpaired) electrons. The van der Waals surface area contributed by atoms with Gasteiger partial charge in [0.05, 0.1) is 5.41 Å². The van der Waals surface area contributed by atoms with Crippen LogP contribution in [0, 0.1) is 5.41 Å². The summed E-state index contributed by atoms with van der Waals surface area (Å²) in [5.74, 6) is -0.385. The van der Waals surface area contributed by atoms with Crippen molar-refractivity contribution >= 4 is 16.7 Å². The number of nitrogens with one attached hydrogen (secondary N) is 1. The lowest BCUT2D eigenvalue weighted by molar-refractivity contribution is -0.191. The number of benzene rings is 2. The summed E-state index contributed by atoms with van der Waals surface area (Å²) in [6.07, 6.45) is 5.05. The van der Waals surface area contributed by atoms with Gasteiger partial charge in [-0.25, -0.2) is 5.01 Å². The summed E-state index contributed by atoms with van der Waals surface area (Å²) >= 11 is 0. The second-order valence-corrected chi connectivity index (χ2v) is 9.67. The number of carbonyl (C=O) groups excluding carboxylic acids is 1. The van der Waals surface area contributed by atoms with Crippen molar-refractivity contribution in [2.45, 2.75) is 84.4 Å². The predicted molar refractivity (Wildman–Crippen MR) is 123 cm³/mol. The number of aryl methyl sites for hydroxylation is 1. The average molecular weight is 449 g/mol. The van der Waals surface area contributed by atoms with E-state index in [1.54, 1.807) is 19.9 Å². The molecule has 1 aliphatic rings. The molecule has 0 bridgehead atoms. The molecule has 2 aromatic carbocycles. The molecule has 6 heteroatoms. The van der Waals surface area contributed by atoms with Gasteiger partial charge in [-0.3, -0.25) is 10.2 Å². The Kier molecular flexibility index (Phi) is 7.86. The minimum Gasteiger partial charge on any atom is -0.287 e. The van der Waals surface area contributed by atoms with Crippen LogP contribution in [0.5, 0.6) is 0 Å². The molecule has 3 rings (SSSR count). The minimum absolute atomic E-state index is 0.00272. The highest BCUT2D eigenvalue weighted by molar-refractivity contribution is 5.87. The van der Waals surface area contributed by atoms with E-state index in [4.69, 9.17) is 0 Å². The molecule has 0 aromatic heterocycles. The fraction of sp³-hybridized carbons (Fsp3) is 0.577. The summed E-state index contributed by atoms with van der Waals surface area (Å²) < 4.78 is 42.5. The zero-order chi connectivity index (χ0) is 23.4. The molecule has 1 fully saturated rings. The van der Waals surface area contributed by atoms with Crippen LogP contribution in [-0.2, 0) is 11.2 Å². The van der Waals surface area contributed by atoms with E-state index in [0.29, 0.717) is 5.39 Å². The third-order valence-electron chi connectivity index (χ3n) is 6.39. The molecule has 0 aliphatic carbocycles. The van der Waals surface area contributed by atoms with E-state index < -0.39 is 17.6 Å². The number of amides is 1. The van der Waals surface area contributed by atoms with Gasteiger partial charge in [-0.05, 0) is 48.6 Å². The third kappa shape index (κ3) is 5.83. The number of hydrazine groups is 1. The fourth-order valence-corrected chi connectivity index (χ4v) is 4.53. The Hall–Kier alpha value is -2.08. The van der Waals surface area contributed by atoms with Crippen molar-refractivity contribution < 1.29 is 18.0 Å². The van der Waals surface area contributed by atoms with Crippen LogP contribution in [0.2, 0.25) is 0 Å². The van der Waals surface area contributed by atoms with Crippen molar-refractivity contribution in [2.75, 3.05) is 6.54 Å². The molecule has 1 N–H and O–H groups in total. The Labute approximate surface area is 189 Å². The summed E-state index contributed by atoms with van der Waals surface area (Å²) in [5, 5.41) is 2.43. The monoisotopic (exact) mass is 448 g/mol. The summed E-state index contributed by atoms with van der Waals surface area (Å²) in [5.41, 5.74) is 2.92. The van der Waals surface area contributed by atoms with Crippen LogP contribution in [0.1, 0.15) is 82.9 Å². The standard InChI is InChI=1S/C26H35F3N2O/c1-4-5-6-7-8-9-10-12-19-15-16-21-20(17-19)13-11-14-22(21)23(26(27,28)29)31-18-25(2,3)24(32)30-31/h11,13-17,23H,4-10,12,18H2,1-3H3,(H,30,32)/t23-/m0/s1. The smallest absolute Gasteiger partial charge is 0.287 e. The Balaban J connectivity index is 1.77. The Morgan fingerprint density at radius 3 is 2.34 bits per heavy atom. The van der Waals surface area contributed by atoms with Crippen LogP contribution in [0.25, 0.3) is 10.8 Å². The first-order valence-corrected chi connectivity index (χ1v) is 11.8. The number of rotatable bonds is 10. The molecular formula is C26H35F3N2O. The summed E-state index contributed by atoms with van der Waals surface area (Å²) in [6.45, 7) is 5.54. The van der Waals surface area contributed by atoms with E-state index in [-0.39, 0.29) is 18.0 Å². The number of fused-ring (bicyclic) bond motifs is 1. The highest BCUT2D eigenvalue weighted by atomic mass is 19.4. The number of hydrogen-bond acceptors (Lipinski definition) is 2. The van der Waals surface area contributed by atoms with E-state index in [1.807, 2.05) is 24.3 Å². The van der Waals surface area contributed by atoms with Gasteiger partial charge in [0.15, 0.2) is 6.04 Å². The Morgan fingerprint density at radius 2 is 1.72 bits per heavy atom. The SMILES string of the molecule is CCCCCCCCCc1ccc2c([C@H](N3CC(C)(C)C(=O)N3)C(F)(F)F)cccc2c1. The molecule has 32 heavy (non-hydrogen) atoms. The molecule has 1 aliphatic heterocycles. The summed E-state index contributed by atoms with van der Waals surface area (Å²) in [4.78, 5) is 12.2. The van der Waals surface area contributed by atoms with Crippen molar-refractivity contribution in [1.82, 2.24) is 10.4 Å². The first kappa shape index (κ1) is 24.6. The lowest BCUT2D eigenvalue weighted by Gasteiger charge is -2.30. The average Bonchev–Trinajstić information content (AvgIpc) is 2.98. The van der Waals surface area contributed by atoms with Crippen molar-refractivity contribution in [3.8, 4) is 0 Å². The van der Waals surface area contributed by atoms with E-state index in [1.165, 1.54) is 44.6 Å². The van der Waals surface area contributed by atoms with Crippen molar-refractivity contribution in [3.63, 3.8) is 0 Å². The number of nitrogens with zero attached hydrogens (tertiary/aromatic N) is 1. The number of alkyl halides is 3. The molecular weight excluding hydrogens is 413 g/mol. The second-order valence-electron chi connectivity index (χ2n) is 9.67. The van der Waals surface area contributed by atoms with Gasteiger partial charge in [0.25, 0.3) is 0 Å². The molecule has 1 saturated heterocycles. The molecule has 0 saturated carbocycles. The van der Waals surface area contributed by atoms with Crippen LogP contribution in [0.15, 0.2) is 36.4 Å². The van der Waals surface area contributed by atoms with Crippen LogP contribution in [0.4, 0.5) is 13.2 Å². The van der Waals surface area contributed by atoms with Crippen LogP contribution < -0.4 is 5.43 Å². The van der Waals surface area contributed by atoms with Crippen molar-refractivity contribution in [1.29, 1.82) is 0 Å². The van der Waals surface area contributed by atoms with E-state index in [9.17, 15) is 18.0 Å². The maximum absolute atomic E-state index is 14.2. The topological polar surface area (TPSA) is 32.3 Å². The lowest BCUT2D eigenvalue weighted by Crippen LogP contribution is -2.43. The zero-order valence-corrected chi connectivity index (χ0v) is 19.4. The van der Waals surface area contributed by atoms with Crippen molar-refractivity contribution in [3.05, 3.63) is 47.5 Å². The maximum atomic E-state index is 14.2. The summed E-state index contributed by atoms with van der Waals surface area (Å²) in [7, 11) is 0. The molecule has 3 nitrogen and oxygen atoms in total. The van der Waals surface area contributed by atoms with Gasteiger partial charge in [0, 0.05) is 6.54 Å². The molecule has 176 valence electrons. The Morgan fingerprint density at radius 1 is 1.03 bits per heavy atom. The third-order valence-corrected chi connectivity index (χ3v) is 6.39. The highest BCUT2D eigenvalue weighted by Gasteiger charge is 2.51. The van der Waals surface area contributed by atoms with Crippen molar-refractivity contribution in [2.24, 2.45) is 5.41 Å². The van der Waals surface area contributed by atoms with Gasteiger partial charge in [0.1, 0.15) is 0 Å². The molecule has 0 spiro atoms. The van der Waals surface area contributed by atoms with Gasteiger partial charge in [-0.1, -0.05) is 81.8 Å². The fourth-order valence-electron chi connectivity index (χ4n) is 4.53. The molecule has 1 amide bonds. The Bertz CT molecular complexity index is 923. The maximum Gasteiger partial charge on any atom is 0.409 e. The number of hydrogen-bond donors (Lipinski definition) is 1. The van der Waals surface area contributed by atoms with E-state index in [2.05, 4.69) is 12.3 Å². The molecule has 2 aromatic rings.